The largest absolute Gasteiger partial charge is 0.304 e. The summed E-state index contributed by atoms with van der Waals surface area (Å²) in [5.41, 5.74) is 2.18. The molecule has 90 valence electrons. The second-order valence-electron chi connectivity index (χ2n) is 4.32. The third kappa shape index (κ3) is 3.38. The second-order valence-corrected chi connectivity index (χ2v) is 5.64. The van der Waals surface area contributed by atoms with E-state index in [0.717, 1.165) is 17.9 Å². The summed E-state index contributed by atoms with van der Waals surface area (Å²) >= 11 is 1.85. The summed E-state index contributed by atoms with van der Waals surface area (Å²) in [5, 5.41) is 3.50. The van der Waals surface area contributed by atoms with Crippen LogP contribution < -0.4 is 5.32 Å². The van der Waals surface area contributed by atoms with E-state index >= 15 is 0 Å². The quantitative estimate of drug-likeness (QED) is 0.891. The van der Waals surface area contributed by atoms with Crippen molar-refractivity contribution in [3.05, 3.63) is 51.5 Å². The van der Waals surface area contributed by atoms with Crippen LogP contribution in [-0.4, -0.2) is 4.98 Å². The first-order valence-corrected chi connectivity index (χ1v) is 6.69. The monoisotopic (exact) mass is 246 g/mol. The Labute approximate surface area is 107 Å². The molecule has 0 aliphatic heterocycles. The standard InChI is InChI=1S/C14H18N2S/c1-10-5-4-6-13(16-10)9-15-12(3)14-8-7-11(2)17-14/h4-8,12,15H,9H2,1-3H3. The summed E-state index contributed by atoms with van der Waals surface area (Å²) in [7, 11) is 0. The zero-order valence-corrected chi connectivity index (χ0v) is 11.3. The number of nitrogens with one attached hydrogen (secondary N) is 1. The Balaban J connectivity index is 1.94. The maximum atomic E-state index is 4.48. The Bertz CT molecular complexity index is 490. The zero-order chi connectivity index (χ0) is 12.3. The smallest absolute Gasteiger partial charge is 0.0545 e. The molecule has 1 atom stereocenters. The van der Waals surface area contributed by atoms with Crippen LogP contribution in [0.3, 0.4) is 0 Å². The van der Waals surface area contributed by atoms with Gasteiger partial charge in [-0.2, -0.15) is 0 Å². The highest BCUT2D eigenvalue weighted by Gasteiger charge is 2.07. The first-order chi connectivity index (χ1) is 8.15. The van der Waals surface area contributed by atoms with Gasteiger partial charge in [-0.25, -0.2) is 0 Å². The van der Waals surface area contributed by atoms with Gasteiger partial charge >= 0.3 is 0 Å². The molecule has 0 aliphatic carbocycles. The van der Waals surface area contributed by atoms with Crippen LogP contribution in [0.5, 0.6) is 0 Å². The lowest BCUT2D eigenvalue weighted by Crippen LogP contribution is -2.17. The van der Waals surface area contributed by atoms with Crippen LogP contribution >= 0.6 is 11.3 Å². The van der Waals surface area contributed by atoms with E-state index in [1.807, 2.05) is 24.3 Å². The lowest BCUT2D eigenvalue weighted by molar-refractivity contribution is 0.575. The molecule has 0 aliphatic rings. The highest BCUT2D eigenvalue weighted by Crippen LogP contribution is 2.22. The molecule has 0 aromatic carbocycles. The first-order valence-electron chi connectivity index (χ1n) is 5.87. The molecule has 1 N–H and O–H groups in total. The Kier molecular flexibility index (Phi) is 3.92. The molecule has 2 nitrogen and oxygen atoms in total. The molecule has 0 saturated heterocycles. The zero-order valence-electron chi connectivity index (χ0n) is 10.5. The molecule has 0 radical (unpaired) electrons. The van der Waals surface area contributed by atoms with E-state index in [2.05, 4.69) is 48.4 Å². The normalized spacial score (nSPS) is 12.6. The number of hydrogen-bond acceptors (Lipinski definition) is 3. The number of nitrogens with zero attached hydrogens (tertiary/aromatic N) is 1. The van der Waals surface area contributed by atoms with Crippen molar-refractivity contribution in [2.45, 2.75) is 33.4 Å². The summed E-state index contributed by atoms with van der Waals surface area (Å²) in [6, 6.07) is 10.9. The van der Waals surface area contributed by atoms with Crippen LogP contribution in [0.2, 0.25) is 0 Å². The van der Waals surface area contributed by atoms with E-state index in [1.165, 1.54) is 9.75 Å². The molecular formula is C14H18N2S. The summed E-state index contributed by atoms with van der Waals surface area (Å²) < 4.78 is 0. The lowest BCUT2D eigenvalue weighted by atomic mass is 10.2. The van der Waals surface area contributed by atoms with Gasteiger partial charge < -0.3 is 5.32 Å². The molecule has 0 saturated carbocycles. The Morgan fingerprint density at radius 1 is 1.24 bits per heavy atom. The van der Waals surface area contributed by atoms with Crippen molar-refractivity contribution in [2.24, 2.45) is 0 Å². The van der Waals surface area contributed by atoms with Crippen molar-refractivity contribution in [3.8, 4) is 0 Å². The van der Waals surface area contributed by atoms with Gasteiger partial charge in [0.2, 0.25) is 0 Å². The molecule has 2 rings (SSSR count). The average Bonchev–Trinajstić information content (AvgIpc) is 2.73. The molecular weight excluding hydrogens is 228 g/mol. The molecule has 2 aromatic rings. The van der Waals surface area contributed by atoms with Gasteiger partial charge in [-0.05, 0) is 45.0 Å². The molecule has 3 heteroatoms. The van der Waals surface area contributed by atoms with Gasteiger partial charge in [0.1, 0.15) is 0 Å². The summed E-state index contributed by atoms with van der Waals surface area (Å²) in [5.74, 6) is 0. The number of pyridine rings is 1. The third-order valence-corrected chi connectivity index (χ3v) is 3.91. The Hall–Kier alpha value is -1.19. The topological polar surface area (TPSA) is 24.9 Å². The molecule has 0 spiro atoms. The van der Waals surface area contributed by atoms with Gasteiger partial charge in [0.25, 0.3) is 0 Å². The third-order valence-electron chi connectivity index (χ3n) is 2.72. The van der Waals surface area contributed by atoms with Crippen LogP contribution in [0, 0.1) is 13.8 Å². The van der Waals surface area contributed by atoms with Crippen molar-refractivity contribution in [1.29, 1.82) is 0 Å². The minimum atomic E-state index is 0.385. The second kappa shape index (κ2) is 5.43. The number of aryl methyl sites for hydroxylation is 2. The summed E-state index contributed by atoms with van der Waals surface area (Å²) in [6.45, 7) is 7.18. The van der Waals surface area contributed by atoms with E-state index in [4.69, 9.17) is 0 Å². The predicted molar refractivity (Wildman–Crippen MR) is 73.3 cm³/mol. The minimum Gasteiger partial charge on any atom is -0.304 e. The van der Waals surface area contributed by atoms with Gasteiger partial charge in [0, 0.05) is 28.0 Å². The molecule has 0 amide bonds. The number of aromatic nitrogens is 1. The fourth-order valence-electron chi connectivity index (χ4n) is 1.74. The van der Waals surface area contributed by atoms with Gasteiger partial charge in [-0.3, -0.25) is 4.98 Å². The van der Waals surface area contributed by atoms with Gasteiger partial charge in [0.05, 0.1) is 5.69 Å². The van der Waals surface area contributed by atoms with E-state index in [-0.39, 0.29) is 0 Å². The average molecular weight is 246 g/mol. The van der Waals surface area contributed by atoms with Crippen LogP contribution in [0.1, 0.15) is 34.1 Å². The fourth-order valence-corrected chi connectivity index (χ4v) is 2.65. The maximum absolute atomic E-state index is 4.48. The van der Waals surface area contributed by atoms with Crippen LogP contribution in [-0.2, 0) is 6.54 Å². The van der Waals surface area contributed by atoms with Crippen molar-refractivity contribution in [2.75, 3.05) is 0 Å². The van der Waals surface area contributed by atoms with Crippen molar-refractivity contribution >= 4 is 11.3 Å². The highest BCUT2D eigenvalue weighted by atomic mass is 32.1. The number of hydrogen-bond donors (Lipinski definition) is 1. The summed E-state index contributed by atoms with van der Waals surface area (Å²) in [4.78, 5) is 7.23. The molecule has 17 heavy (non-hydrogen) atoms. The van der Waals surface area contributed by atoms with E-state index in [0.29, 0.717) is 6.04 Å². The number of thiophene rings is 1. The predicted octanol–water partition coefficient (Wildman–Crippen LogP) is 3.61. The van der Waals surface area contributed by atoms with E-state index < -0.39 is 0 Å². The Morgan fingerprint density at radius 3 is 2.71 bits per heavy atom. The molecule has 2 heterocycles. The fraction of sp³-hybridized carbons (Fsp3) is 0.357. The van der Waals surface area contributed by atoms with Gasteiger partial charge in [-0.15, -0.1) is 11.3 Å². The van der Waals surface area contributed by atoms with Crippen molar-refractivity contribution in [1.82, 2.24) is 10.3 Å². The minimum absolute atomic E-state index is 0.385. The van der Waals surface area contributed by atoms with Crippen LogP contribution in [0.4, 0.5) is 0 Å². The molecule has 0 fully saturated rings. The highest BCUT2D eigenvalue weighted by molar-refractivity contribution is 7.12. The van der Waals surface area contributed by atoms with E-state index in [1.54, 1.807) is 0 Å². The van der Waals surface area contributed by atoms with Crippen LogP contribution in [0.15, 0.2) is 30.3 Å². The molecule has 0 bridgehead atoms. The van der Waals surface area contributed by atoms with Gasteiger partial charge in [0.15, 0.2) is 0 Å². The van der Waals surface area contributed by atoms with E-state index in [9.17, 15) is 0 Å². The van der Waals surface area contributed by atoms with Crippen molar-refractivity contribution in [3.63, 3.8) is 0 Å². The number of rotatable bonds is 4. The van der Waals surface area contributed by atoms with Gasteiger partial charge in [-0.1, -0.05) is 6.07 Å². The van der Waals surface area contributed by atoms with Crippen molar-refractivity contribution < 1.29 is 0 Å². The Morgan fingerprint density at radius 2 is 2.06 bits per heavy atom. The lowest BCUT2D eigenvalue weighted by Gasteiger charge is -2.11. The molecule has 1 unspecified atom stereocenters. The van der Waals surface area contributed by atoms with Crippen LogP contribution in [0.25, 0.3) is 0 Å². The maximum Gasteiger partial charge on any atom is 0.0545 e. The summed E-state index contributed by atoms with van der Waals surface area (Å²) in [6.07, 6.45) is 0. The SMILES string of the molecule is Cc1cccc(CNC(C)c2ccc(C)s2)n1. The first kappa shape index (κ1) is 12.3. The molecule has 2 aromatic heterocycles.